The van der Waals surface area contributed by atoms with Crippen molar-refractivity contribution in [3.8, 4) is 0 Å². The Labute approximate surface area is 171 Å². The van der Waals surface area contributed by atoms with E-state index in [9.17, 15) is 18.0 Å². The van der Waals surface area contributed by atoms with Gasteiger partial charge in [0.25, 0.3) is 5.24 Å². The minimum Gasteiger partial charge on any atom is -0.339 e. The third kappa shape index (κ3) is 3.92. The van der Waals surface area contributed by atoms with Gasteiger partial charge in [0.15, 0.2) is 0 Å². The summed E-state index contributed by atoms with van der Waals surface area (Å²) in [5.74, 6) is 0.596. The second kappa shape index (κ2) is 8.04. The molecule has 2 aliphatic rings. The number of benzene rings is 1. The lowest BCUT2D eigenvalue weighted by Gasteiger charge is -2.35. The number of carbonyl (C=O) groups is 2. The van der Waals surface area contributed by atoms with E-state index in [0.717, 1.165) is 22.3 Å². The van der Waals surface area contributed by atoms with Crippen molar-refractivity contribution in [1.82, 2.24) is 14.1 Å². The van der Waals surface area contributed by atoms with Crippen LogP contribution in [0.5, 0.6) is 0 Å². The lowest BCUT2D eigenvalue weighted by atomic mass is 10.0. The van der Waals surface area contributed by atoms with E-state index in [4.69, 9.17) is 0 Å². The summed E-state index contributed by atoms with van der Waals surface area (Å²) < 4.78 is 28.1. The summed E-state index contributed by atoms with van der Waals surface area (Å²) in [6.45, 7) is 9.43. The average molecular weight is 426 g/mol. The van der Waals surface area contributed by atoms with Crippen molar-refractivity contribution < 1.29 is 18.0 Å². The van der Waals surface area contributed by atoms with E-state index in [1.807, 2.05) is 33.8 Å². The van der Waals surface area contributed by atoms with Crippen molar-refractivity contribution in [2.75, 3.05) is 45.0 Å². The largest absolute Gasteiger partial charge is 0.339 e. The fourth-order valence-corrected chi connectivity index (χ4v) is 6.53. The smallest absolute Gasteiger partial charge is 0.282 e. The van der Waals surface area contributed by atoms with Gasteiger partial charge in [-0.2, -0.15) is 4.31 Å². The van der Waals surface area contributed by atoms with Gasteiger partial charge >= 0.3 is 0 Å². The Morgan fingerprint density at radius 1 is 1.00 bits per heavy atom. The summed E-state index contributed by atoms with van der Waals surface area (Å²) >= 11 is 1.23. The molecule has 0 unspecified atom stereocenters. The van der Waals surface area contributed by atoms with Crippen LogP contribution in [0.3, 0.4) is 0 Å². The monoisotopic (exact) mass is 425 g/mol. The molecule has 0 atom stereocenters. The van der Waals surface area contributed by atoms with E-state index in [-0.39, 0.29) is 30.8 Å². The molecule has 0 bridgehead atoms. The summed E-state index contributed by atoms with van der Waals surface area (Å²) in [5.41, 5.74) is 3.49. The normalized spacial score (nSPS) is 18.8. The summed E-state index contributed by atoms with van der Waals surface area (Å²) in [6.07, 6.45) is 0. The number of aryl methyl sites for hydroxylation is 2. The van der Waals surface area contributed by atoms with Crippen LogP contribution in [0.4, 0.5) is 4.79 Å². The first-order valence-corrected chi connectivity index (χ1v) is 11.8. The molecular formula is C19H27N3O4S2. The fourth-order valence-electron chi connectivity index (χ4n) is 3.71. The number of thioether (sulfide) groups is 1. The zero-order valence-corrected chi connectivity index (χ0v) is 18.5. The van der Waals surface area contributed by atoms with Crippen LogP contribution < -0.4 is 0 Å². The van der Waals surface area contributed by atoms with Crippen molar-refractivity contribution >= 4 is 32.9 Å². The standard InChI is InChI=1S/C19H27N3O4S2/c1-13-11-14(2)16(4)18(15(13)3)28(25,26)22-7-5-20(6-8-22)17(23)12-21-9-10-27-19(21)24/h11H,5-10,12H2,1-4H3. The van der Waals surface area contributed by atoms with E-state index < -0.39 is 10.0 Å². The van der Waals surface area contributed by atoms with Gasteiger partial charge in [-0.25, -0.2) is 8.42 Å². The number of hydrogen-bond acceptors (Lipinski definition) is 5. The number of amides is 2. The van der Waals surface area contributed by atoms with E-state index in [1.165, 1.54) is 16.1 Å². The van der Waals surface area contributed by atoms with Crippen molar-refractivity contribution in [2.45, 2.75) is 32.6 Å². The first-order valence-electron chi connectivity index (χ1n) is 9.40. The molecule has 0 saturated carbocycles. The van der Waals surface area contributed by atoms with Gasteiger partial charge in [0.1, 0.15) is 6.54 Å². The molecule has 7 nitrogen and oxygen atoms in total. The molecule has 2 aliphatic heterocycles. The highest BCUT2D eigenvalue weighted by molar-refractivity contribution is 8.13. The molecular weight excluding hydrogens is 398 g/mol. The van der Waals surface area contributed by atoms with E-state index >= 15 is 0 Å². The highest BCUT2D eigenvalue weighted by atomic mass is 32.2. The van der Waals surface area contributed by atoms with Gasteiger partial charge in [-0.3, -0.25) is 9.59 Å². The molecule has 2 amide bonds. The van der Waals surface area contributed by atoms with Gasteiger partial charge in [0, 0.05) is 38.5 Å². The van der Waals surface area contributed by atoms with Crippen LogP contribution in [0.2, 0.25) is 0 Å². The number of hydrogen-bond donors (Lipinski definition) is 0. The van der Waals surface area contributed by atoms with Gasteiger partial charge in [0.05, 0.1) is 4.90 Å². The van der Waals surface area contributed by atoms with E-state index in [1.54, 1.807) is 9.80 Å². The summed E-state index contributed by atoms with van der Waals surface area (Å²) in [7, 11) is -3.62. The Kier molecular flexibility index (Phi) is 6.07. The van der Waals surface area contributed by atoms with Crippen LogP contribution in [0.1, 0.15) is 22.3 Å². The quantitative estimate of drug-likeness (QED) is 0.737. The first kappa shape index (κ1) is 21.1. The van der Waals surface area contributed by atoms with Crippen LogP contribution in [-0.4, -0.2) is 78.7 Å². The average Bonchev–Trinajstić information content (AvgIpc) is 3.05. The lowest BCUT2D eigenvalue weighted by molar-refractivity contribution is -0.132. The molecule has 2 fully saturated rings. The number of piperazine rings is 1. The predicted octanol–water partition coefficient (Wildman–Crippen LogP) is 1.92. The minimum atomic E-state index is -3.62. The molecule has 0 aromatic heterocycles. The fraction of sp³-hybridized carbons (Fsp3) is 0.579. The van der Waals surface area contributed by atoms with Crippen LogP contribution in [0.15, 0.2) is 11.0 Å². The zero-order chi connectivity index (χ0) is 20.6. The Balaban J connectivity index is 1.71. The molecule has 1 aromatic carbocycles. The third-order valence-corrected chi connectivity index (χ3v) is 8.72. The molecule has 0 radical (unpaired) electrons. The Morgan fingerprint density at radius 2 is 1.57 bits per heavy atom. The summed E-state index contributed by atoms with van der Waals surface area (Å²) in [4.78, 5) is 27.8. The number of nitrogens with zero attached hydrogens (tertiary/aromatic N) is 3. The van der Waals surface area contributed by atoms with Crippen LogP contribution in [-0.2, 0) is 14.8 Å². The van der Waals surface area contributed by atoms with Gasteiger partial charge < -0.3 is 9.80 Å². The Hall–Kier alpha value is -1.58. The molecule has 0 N–H and O–H groups in total. The Bertz CT molecular complexity index is 880. The molecule has 28 heavy (non-hydrogen) atoms. The van der Waals surface area contributed by atoms with Crippen molar-refractivity contribution in [3.05, 3.63) is 28.3 Å². The molecule has 0 aliphatic carbocycles. The van der Waals surface area contributed by atoms with E-state index in [0.29, 0.717) is 30.3 Å². The molecule has 9 heteroatoms. The highest BCUT2D eigenvalue weighted by Gasteiger charge is 2.34. The first-order chi connectivity index (χ1) is 13.1. The highest BCUT2D eigenvalue weighted by Crippen LogP contribution is 2.29. The maximum absolute atomic E-state index is 13.3. The summed E-state index contributed by atoms with van der Waals surface area (Å²) in [6, 6.07) is 2.01. The van der Waals surface area contributed by atoms with Gasteiger partial charge in [-0.05, 0) is 49.9 Å². The van der Waals surface area contributed by atoms with Crippen LogP contribution in [0, 0.1) is 27.7 Å². The minimum absolute atomic E-state index is 0.0599. The number of rotatable bonds is 4. The second-order valence-corrected chi connectivity index (χ2v) is 10.3. The van der Waals surface area contributed by atoms with Crippen LogP contribution in [0.25, 0.3) is 0 Å². The molecule has 1 aromatic rings. The van der Waals surface area contributed by atoms with E-state index in [2.05, 4.69) is 0 Å². The molecule has 2 heterocycles. The predicted molar refractivity (Wildman–Crippen MR) is 110 cm³/mol. The number of sulfonamides is 1. The van der Waals surface area contributed by atoms with Crippen LogP contribution >= 0.6 is 11.8 Å². The molecule has 2 saturated heterocycles. The lowest BCUT2D eigenvalue weighted by Crippen LogP contribution is -2.52. The van der Waals surface area contributed by atoms with Crippen molar-refractivity contribution in [3.63, 3.8) is 0 Å². The van der Waals surface area contributed by atoms with Gasteiger partial charge in [0.2, 0.25) is 15.9 Å². The van der Waals surface area contributed by atoms with Gasteiger partial charge in [-0.15, -0.1) is 0 Å². The maximum atomic E-state index is 13.3. The SMILES string of the molecule is Cc1cc(C)c(C)c(S(=O)(=O)N2CCN(C(=O)CN3CCSC3=O)CC2)c1C. The topological polar surface area (TPSA) is 78.0 Å². The van der Waals surface area contributed by atoms with Crippen molar-refractivity contribution in [1.29, 1.82) is 0 Å². The number of carbonyl (C=O) groups excluding carboxylic acids is 2. The molecule has 154 valence electrons. The summed E-state index contributed by atoms with van der Waals surface area (Å²) in [5, 5.41) is -0.0599. The second-order valence-electron chi connectivity index (χ2n) is 7.41. The third-order valence-electron chi connectivity index (χ3n) is 5.66. The zero-order valence-electron chi connectivity index (χ0n) is 16.8. The molecule has 3 rings (SSSR count). The maximum Gasteiger partial charge on any atom is 0.282 e. The Morgan fingerprint density at radius 3 is 2.07 bits per heavy atom. The van der Waals surface area contributed by atoms with Crippen molar-refractivity contribution in [2.24, 2.45) is 0 Å². The van der Waals surface area contributed by atoms with Gasteiger partial charge in [-0.1, -0.05) is 17.8 Å². The molecule has 0 spiro atoms.